The molecule has 0 aliphatic heterocycles. The summed E-state index contributed by atoms with van der Waals surface area (Å²) in [5.41, 5.74) is 12.3. The lowest BCUT2D eigenvalue weighted by Gasteiger charge is -2.14. The summed E-state index contributed by atoms with van der Waals surface area (Å²) in [7, 11) is 0. The molecule has 4 aromatic rings. The van der Waals surface area contributed by atoms with Crippen LogP contribution in [0.1, 0.15) is 38.9 Å². The molecule has 0 spiro atoms. The fraction of sp³-hybridized carbons (Fsp3) is 0.133. The largest absolute Gasteiger partial charge is 0.355 e. The van der Waals surface area contributed by atoms with Gasteiger partial charge in [0.2, 0.25) is 0 Å². The summed E-state index contributed by atoms with van der Waals surface area (Å²) in [6, 6.07) is 32.5. The van der Waals surface area contributed by atoms with Crippen molar-refractivity contribution in [1.82, 2.24) is 0 Å². The van der Waals surface area contributed by atoms with Gasteiger partial charge in [-0.1, -0.05) is 90.0 Å². The molecule has 31 heavy (non-hydrogen) atoms. The van der Waals surface area contributed by atoms with Gasteiger partial charge >= 0.3 is 0 Å². The van der Waals surface area contributed by atoms with Gasteiger partial charge in [-0.25, -0.2) is 0 Å². The van der Waals surface area contributed by atoms with Crippen LogP contribution in [0, 0.1) is 27.7 Å². The van der Waals surface area contributed by atoms with Crippen LogP contribution in [-0.2, 0) is 0 Å². The lowest BCUT2D eigenvalue weighted by atomic mass is 9.95. The first-order chi connectivity index (χ1) is 15.0. The first-order valence-electron chi connectivity index (χ1n) is 10.8. The van der Waals surface area contributed by atoms with Gasteiger partial charge in [0.15, 0.2) is 0 Å². The van der Waals surface area contributed by atoms with E-state index in [9.17, 15) is 0 Å². The number of benzene rings is 4. The molecule has 0 unspecified atom stereocenters. The molecular weight excluding hydrogens is 374 g/mol. The van der Waals surface area contributed by atoms with Crippen molar-refractivity contribution in [2.75, 3.05) is 5.32 Å². The van der Waals surface area contributed by atoms with Gasteiger partial charge in [0, 0.05) is 11.4 Å². The molecule has 4 rings (SSSR count). The smallest absolute Gasteiger partial charge is 0.0443 e. The van der Waals surface area contributed by atoms with E-state index in [4.69, 9.17) is 0 Å². The normalized spacial score (nSPS) is 11.4. The number of rotatable bonds is 5. The molecule has 0 aliphatic rings. The summed E-state index contributed by atoms with van der Waals surface area (Å²) in [6.45, 7) is 8.59. The second-order valence-corrected chi connectivity index (χ2v) is 8.31. The molecule has 4 aromatic carbocycles. The minimum absolute atomic E-state index is 1.10. The average molecular weight is 404 g/mol. The number of hydrogen-bond acceptors (Lipinski definition) is 1. The molecule has 0 radical (unpaired) electrons. The number of nitrogens with one attached hydrogen (secondary N) is 1. The highest BCUT2D eigenvalue weighted by molar-refractivity contribution is 5.91. The first kappa shape index (κ1) is 20.7. The highest BCUT2D eigenvalue weighted by Gasteiger charge is 2.07. The third-order valence-corrected chi connectivity index (χ3v) is 5.62. The Morgan fingerprint density at radius 3 is 1.81 bits per heavy atom. The second kappa shape index (κ2) is 9.06. The van der Waals surface area contributed by atoms with E-state index in [1.165, 1.54) is 50.2 Å². The summed E-state index contributed by atoms with van der Waals surface area (Å²) in [4.78, 5) is 0. The van der Waals surface area contributed by atoms with Gasteiger partial charge in [0.1, 0.15) is 0 Å². The molecule has 0 aromatic heterocycles. The zero-order chi connectivity index (χ0) is 21.8. The summed E-state index contributed by atoms with van der Waals surface area (Å²) < 4.78 is 0. The Labute approximate surface area is 186 Å². The average Bonchev–Trinajstić information content (AvgIpc) is 2.77. The maximum Gasteiger partial charge on any atom is 0.0443 e. The Morgan fingerprint density at radius 1 is 0.613 bits per heavy atom. The van der Waals surface area contributed by atoms with Crippen LogP contribution in [0.2, 0.25) is 0 Å². The Balaban J connectivity index is 1.65. The van der Waals surface area contributed by atoms with E-state index in [-0.39, 0.29) is 0 Å². The van der Waals surface area contributed by atoms with Gasteiger partial charge in [-0.15, -0.1) is 0 Å². The minimum atomic E-state index is 1.10. The van der Waals surface area contributed by atoms with Crippen LogP contribution in [0.4, 0.5) is 11.4 Å². The van der Waals surface area contributed by atoms with Crippen molar-refractivity contribution in [2.45, 2.75) is 27.7 Å². The van der Waals surface area contributed by atoms with Crippen molar-refractivity contribution >= 4 is 23.0 Å². The molecule has 0 atom stereocenters. The van der Waals surface area contributed by atoms with Crippen molar-refractivity contribution in [3.63, 3.8) is 0 Å². The zero-order valence-corrected chi connectivity index (χ0v) is 18.7. The van der Waals surface area contributed by atoms with Gasteiger partial charge in [-0.2, -0.15) is 0 Å². The fourth-order valence-corrected chi connectivity index (χ4v) is 4.04. The number of anilines is 2. The highest BCUT2D eigenvalue weighted by atomic mass is 14.9. The standard InChI is InChI=1S/C30H29N/c1-21-10-14-27(15-11-21)29(26-8-6-5-7-9-26)20-25-12-16-28(17-13-25)31-30-23(3)18-22(2)19-24(30)4/h5-20,31H,1-4H3. The Morgan fingerprint density at radius 2 is 1.19 bits per heavy atom. The van der Waals surface area contributed by atoms with E-state index in [1.54, 1.807) is 0 Å². The lowest BCUT2D eigenvalue weighted by molar-refractivity contribution is 1.31. The minimum Gasteiger partial charge on any atom is -0.355 e. The molecule has 0 heterocycles. The van der Waals surface area contributed by atoms with Gasteiger partial charge in [0.25, 0.3) is 0 Å². The van der Waals surface area contributed by atoms with Crippen molar-refractivity contribution < 1.29 is 0 Å². The van der Waals surface area contributed by atoms with Gasteiger partial charge < -0.3 is 5.32 Å². The molecule has 1 heteroatoms. The van der Waals surface area contributed by atoms with Crippen LogP contribution in [0.3, 0.4) is 0 Å². The van der Waals surface area contributed by atoms with Crippen molar-refractivity contribution in [1.29, 1.82) is 0 Å². The maximum atomic E-state index is 3.60. The molecular formula is C30H29N. The van der Waals surface area contributed by atoms with Crippen LogP contribution < -0.4 is 5.32 Å². The third-order valence-electron chi connectivity index (χ3n) is 5.62. The lowest BCUT2D eigenvalue weighted by Crippen LogP contribution is -1.97. The van der Waals surface area contributed by atoms with Crippen LogP contribution >= 0.6 is 0 Å². The predicted molar refractivity (Wildman–Crippen MR) is 135 cm³/mol. The Hall–Kier alpha value is -3.58. The van der Waals surface area contributed by atoms with E-state index >= 15 is 0 Å². The van der Waals surface area contributed by atoms with E-state index in [1.807, 2.05) is 0 Å². The molecule has 0 aliphatic carbocycles. The van der Waals surface area contributed by atoms with Crippen LogP contribution in [-0.4, -0.2) is 0 Å². The van der Waals surface area contributed by atoms with Crippen molar-refractivity contribution in [3.8, 4) is 0 Å². The Kier molecular flexibility index (Phi) is 6.04. The first-order valence-corrected chi connectivity index (χ1v) is 10.8. The van der Waals surface area contributed by atoms with E-state index in [2.05, 4.69) is 130 Å². The Bertz CT molecular complexity index is 1170. The van der Waals surface area contributed by atoms with E-state index in [0.29, 0.717) is 0 Å². The van der Waals surface area contributed by atoms with Crippen LogP contribution in [0.5, 0.6) is 0 Å². The van der Waals surface area contributed by atoms with Gasteiger partial charge in [0.05, 0.1) is 0 Å². The molecule has 0 saturated carbocycles. The number of hydrogen-bond donors (Lipinski definition) is 1. The molecule has 154 valence electrons. The monoisotopic (exact) mass is 403 g/mol. The third kappa shape index (κ3) is 4.95. The maximum absolute atomic E-state index is 3.60. The van der Waals surface area contributed by atoms with Crippen LogP contribution in [0.15, 0.2) is 91.0 Å². The zero-order valence-electron chi connectivity index (χ0n) is 18.7. The quantitative estimate of drug-likeness (QED) is 0.331. The van der Waals surface area contributed by atoms with Crippen LogP contribution in [0.25, 0.3) is 11.6 Å². The summed E-state index contributed by atoms with van der Waals surface area (Å²) in [5, 5.41) is 3.60. The van der Waals surface area contributed by atoms with Crippen molar-refractivity contribution in [3.05, 3.63) is 130 Å². The molecule has 0 amide bonds. The second-order valence-electron chi connectivity index (χ2n) is 8.31. The van der Waals surface area contributed by atoms with Gasteiger partial charge in [-0.3, -0.25) is 0 Å². The summed E-state index contributed by atoms with van der Waals surface area (Å²) in [5.74, 6) is 0. The predicted octanol–water partition coefficient (Wildman–Crippen LogP) is 8.25. The number of aryl methyl sites for hydroxylation is 4. The molecule has 1 N–H and O–H groups in total. The topological polar surface area (TPSA) is 12.0 Å². The molecule has 0 bridgehead atoms. The summed E-state index contributed by atoms with van der Waals surface area (Å²) in [6.07, 6.45) is 2.27. The fourth-order valence-electron chi connectivity index (χ4n) is 4.04. The molecule has 0 fully saturated rings. The SMILES string of the molecule is Cc1ccc(C(=Cc2ccc(Nc3c(C)cc(C)cc3C)cc2)c2ccccc2)cc1. The van der Waals surface area contributed by atoms with Crippen molar-refractivity contribution in [2.24, 2.45) is 0 Å². The van der Waals surface area contributed by atoms with Gasteiger partial charge in [-0.05, 0) is 79.3 Å². The molecule has 1 nitrogen and oxygen atoms in total. The van der Waals surface area contributed by atoms with E-state index < -0.39 is 0 Å². The summed E-state index contributed by atoms with van der Waals surface area (Å²) >= 11 is 0. The van der Waals surface area contributed by atoms with E-state index in [0.717, 1.165) is 5.69 Å². The highest BCUT2D eigenvalue weighted by Crippen LogP contribution is 2.29. The molecule has 0 saturated heterocycles.